The van der Waals surface area contributed by atoms with Gasteiger partial charge in [0, 0.05) is 10.6 Å². The highest BCUT2D eigenvalue weighted by molar-refractivity contribution is 6.32. The van der Waals surface area contributed by atoms with Crippen LogP contribution in [0.4, 0.5) is 0 Å². The molecule has 0 aliphatic carbocycles. The summed E-state index contributed by atoms with van der Waals surface area (Å²) in [7, 11) is 0. The molecule has 1 amide bonds. The van der Waals surface area contributed by atoms with E-state index in [0.29, 0.717) is 27.3 Å². The second kappa shape index (κ2) is 8.02. The molecule has 4 aromatic rings. The summed E-state index contributed by atoms with van der Waals surface area (Å²) in [6, 6.07) is 14.3. The third-order valence-electron chi connectivity index (χ3n) is 4.14. The summed E-state index contributed by atoms with van der Waals surface area (Å²) in [6.07, 6.45) is 0. The zero-order valence-corrected chi connectivity index (χ0v) is 16.6. The molecular weight excluding hydrogens is 415 g/mol. The number of nitrogens with zero attached hydrogens (tertiary/aromatic N) is 5. The maximum absolute atomic E-state index is 12.5. The smallest absolute Gasteiger partial charge is 0.274 e. The number of hydrogen-bond acceptors (Lipinski definition) is 6. The summed E-state index contributed by atoms with van der Waals surface area (Å²) in [6.45, 7) is 1.78. The lowest BCUT2D eigenvalue weighted by Crippen LogP contribution is -2.24. The molecule has 2 aromatic carbocycles. The number of benzene rings is 2. The molecule has 2 aromatic heterocycles. The number of halogens is 2. The average Bonchev–Trinajstić information content (AvgIpc) is 3.34. The van der Waals surface area contributed by atoms with Gasteiger partial charge in [0.1, 0.15) is 0 Å². The molecule has 0 radical (unpaired) electrons. The van der Waals surface area contributed by atoms with Crippen LogP contribution in [0, 0.1) is 6.92 Å². The van der Waals surface area contributed by atoms with Gasteiger partial charge in [0.15, 0.2) is 5.69 Å². The molecular formula is C19H14Cl2N6O2. The predicted molar refractivity (Wildman–Crippen MR) is 107 cm³/mol. The van der Waals surface area contributed by atoms with E-state index >= 15 is 0 Å². The molecule has 2 heterocycles. The Bertz CT molecular complexity index is 1190. The maximum Gasteiger partial charge on any atom is 0.274 e. The van der Waals surface area contributed by atoms with Crippen LogP contribution in [-0.4, -0.2) is 31.0 Å². The van der Waals surface area contributed by atoms with E-state index in [4.69, 9.17) is 27.7 Å². The Morgan fingerprint density at radius 1 is 1.17 bits per heavy atom. The molecule has 0 fully saturated rings. The zero-order chi connectivity index (χ0) is 20.4. The van der Waals surface area contributed by atoms with Gasteiger partial charge < -0.3 is 9.84 Å². The van der Waals surface area contributed by atoms with Crippen molar-refractivity contribution in [1.29, 1.82) is 0 Å². The molecule has 0 saturated carbocycles. The van der Waals surface area contributed by atoms with Crippen LogP contribution < -0.4 is 5.32 Å². The van der Waals surface area contributed by atoms with Gasteiger partial charge in [-0.25, -0.2) is 4.68 Å². The Morgan fingerprint density at radius 3 is 2.79 bits per heavy atom. The number of amides is 1. The van der Waals surface area contributed by atoms with E-state index in [1.54, 1.807) is 37.3 Å². The molecule has 10 heteroatoms. The standard InChI is InChI=1S/C19H14Cl2N6O2/c1-11-17(24-26-27(11)15-8-3-2-7-14(15)21)19(28)22-10-16-23-18(25-29-16)12-5-4-6-13(20)9-12/h2-9H,10H2,1H3,(H,22,28). The number of carbonyl (C=O) groups is 1. The minimum absolute atomic E-state index is 0.0464. The first kappa shape index (κ1) is 19.1. The fourth-order valence-corrected chi connectivity index (χ4v) is 3.11. The monoisotopic (exact) mass is 428 g/mol. The number of carbonyl (C=O) groups excluding carboxylic acids is 1. The normalized spacial score (nSPS) is 10.9. The largest absolute Gasteiger partial charge is 0.341 e. The van der Waals surface area contributed by atoms with Crippen molar-refractivity contribution in [3.8, 4) is 17.1 Å². The van der Waals surface area contributed by atoms with Gasteiger partial charge in [-0.2, -0.15) is 4.98 Å². The van der Waals surface area contributed by atoms with Gasteiger partial charge in [-0.1, -0.05) is 57.8 Å². The second-order valence-corrected chi connectivity index (χ2v) is 6.94. The van der Waals surface area contributed by atoms with Gasteiger partial charge >= 0.3 is 0 Å². The van der Waals surface area contributed by atoms with Crippen LogP contribution >= 0.6 is 23.2 Å². The lowest BCUT2D eigenvalue weighted by molar-refractivity contribution is 0.0940. The SMILES string of the molecule is Cc1c(C(=O)NCc2nc(-c3cccc(Cl)c3)no2)nnn1-c1ccccc1Cl. The first-order valence-corrected chi connectivity index (χ1v) is 9.32. The highest BCUT2D eigenvalue weighted by atomic mass is 35.5. The molecule has 0 atom stereocenters. The highest BCUT2D eigenvalue weighted by Crippen LogP contribution is 2.22. The van der Waals surface area contributed by atoms with Gasteiger partial charge in [0.05, 0.1) is 22.9 Å². The van der Waals surface area contributed by atoms with Crippen molar-refractivity contribution in [3.63, 3.8) is 0 Å². The van der Waals surface area contributed by atoms with Crippen molar-refractivity contribution in [2.45, 2.75) is 13.5 Å². The summed E-state index contributed by atoms with van der Waals surface area (Å²) in [5.41, 5.74) is 2.10. The number of aromatic nitrogens is 5. The van der Waals surface area contributed by atoms with E-state index in [0.717, 1.165) is 5.56 Å². The summed E-state index contributed by atoms with van der Waals surface area (Å²) in [5.74, 6) is 0.227. The molecule has 8 nitrogen and oxygen atoms in total. The Hall–Kier alpha value is -3.23. The molecule has 0 bridgehead atoms. The molecule has 4 rings (SSSR count). The molecule has 0 spiro atoms. The molecule has 0 aliphatic rings. The van der Waals surface area contributed by atoms with Crippen LogP contribution in [0.2, 0.25) is 10.0 Å². The fourth-order valence-electron chi connectivity index (χ4n) is 2.70. The lowest BCUT2D eigenvalue weighted by Gasteiger charge is -2.05. The van der Waals surface area contributed by atoms with Crippen molar-refractivity contribution in [3.05, 3.63) is 75.9 Å². The highest BCUT2D eigenvalue weighted by Gasteiger charge is 2.19. The molecule has 0 aliphatic heterocycles. The van der Waals surface area contributed by atoms with Crippen molar-refractivity contribution < 1.29 is 9.32 Å². The van der Waals surface area contributed by atoms with Crippen LogP contribution in [0.15, 0.2) is 53.1 Å². The Kier molecular flexibility index (Phi) is 5.28. The van der Waals surface area contributed by atoms with Crippen LogP contribution in [0.5, 0.6) is 0 Å². The zero-order valence-electron chi connectivity index (χ0n) is 15.1. The van der Waals surface area contributed by atoms with Crippen LogP contribution in [0.25, 0.3) is 17.1 Å². The van der Waals surface area contributed by atoms with E-state index in [9.17, 15) is 4.79 Å². The van der Waals surface area contributed by atoms with Crippen molar-refractivity contribution in [2.75, 3.05) is 0 Å². The van der Waals surface area contributed by atoms with E-state index in [1.807, 2.05) is 18.2 Å². The van der Waals surface area contributed by atoms with Gasteiger partial charge in [-0.15, -0.1) is 5.10 Å². The molecule has 0 saturated heterocycles. The first-order valence-electron chi connectivity index (χ1n) is 8.57. The summed E-state index contributed by atoms with van der Waals surface area (Å²) in [5, 5.41) is 15.7. The third-order valence-corrected chi connectivity index (χ3v) is 4.70. The molecule has 29 heavy (non-hydrogen) atoms. The van der Waals surface area contributed by atoms with Crippen molar-refractivity contribution >= 4 is 29.1 Å². The minimum Gasteiger partial charge on any atom is -0.341 e. The first-order chi connectivity index (χ1) is 14.0. The predicted octanol–water partition coefficient (Wildman–Crippen LogP) is 3.86. The summed E-state index contributed by atoms with van der Waals surface area (Å²) >= 11 is 12.2. The minimum atomic E-state index is -0.414. The Morgan fingerprint density at radius 2 is 2.00 bits per heavy atom. The van der Waals surface area contributed by atoms with Crippen LogP contribution in [0.1, 0.15) is 22.1 Å². The van der Waals surface area contributed by atoms with Gasteiger partial charge in [-0.3, -0.25) is 4.79 Å². The topological polar surface area (TPSA) is 98.7 Å². The van der Waals surface area contributed by atoms with E-state index < -0.39 is 5.91 Å². The lowest BCUT2D eigenvalue weighted by atomic mass is 10.2. The molecule has 0 unspecified atom stereocenters. The summed E-state index contributed by atoms with van der Waals surface area (Å²) in [4.78, 5) is 16.8. The van der Waals surface area contributed by atoms with Gasteiger partial charge in [0.2, 0.25) is 11.7 Å². The summed E-state index contributed by atoms with van der Waals surface area (Å²) < 4.78 is 6.70. The number of para-hydroxylation sites is 1. The van der Waals surface area contributed by atoms with Crippen molar-refractivity contribution in [1.82, 2.24) is 30.5 Å². The third kappa shape index (κ3) is 3.98. The van der Waals surface area contributed by atoms with Crippen molar-refractivity contribution in [2.24, 2.45) is 0 Å². The number of hydrogen-bond donors (Lipinski definition) is 1. The maximum atomic E-state index is 12.5. The number of nitrogens with one attached hydrogen (secondary N) is 1. The van der Waals surface area contributed by atoms with E-state index in [1.165, 1.54) is 4.68 Å². The Balaban J connectivity index is 1.47. The van der Waals surface area contributed by atoms with Crippen LogP contribution in [0.3, 0.4) is 0 Å². The van der Waals surface area contributed by atoms with E-state index in [-0.39, 0.29) is 18.1 Å². The molecule has 146 valence electrons. The number of rotatable bonds is 5. The fraction of sp³-hybridized carbons (Fsp3) is 0.105. The molecule has 1 N–H and O–H groups in total. The second-order valence-electron chi connectivity index (χ2n) is 6.09. The van der Waals surface area contributed by atoms with E-state index in [2.05, 4.69) is 25.8 Å². The van der Waals surface area contributed by atoms with Gasteiger partial charge in [0.25, 0.3) is 5.91 Å². The Labute approximate surface area is 175 Å². The van der Waals surface area contributed by atoms with Crippen LogP contribution in [-0.2, 0) is 6.54 Å². The van der Waals surface area contributed by atoms with Gasteiger partial charge in [-0.05, 0) is 31.2 Å². The average molecular weight is 429 g/mol. The quantitative estimate of drug-likeness (QED) is 0.517.